The maximum Gasteiger partial charge on any atom is 0.159 e. The molecule has 0 saturated carbocycles. The lowest BCUT2D eigenvalue weighted by Crippen LogP contribution is -2.17. The first-order valence-electron chi connectivity index (χ1n) is 7.07. The van der Waals surface area contributed by atoms with E-state index >= 15 is 0 Å². The van der Waals surface area contributed by atoms with Crippen LogP contribution < -0.4 is 5.32 Å². The van der Waals surface area contributed by atoms with Gasteiger partial charge in [-0.2, -0.15) is 0 Å². The Kier molecular flexibility index (Phi) is 3.74. The summed E-state index contributed by atoms with van der Waals surface area (Å²) in [6.45, 7) is 0. The average molecular weight is 271 g/mol. The predicted octanol–water partition coefficient (Wildman–Crippen LogP) is 3.27. The highest BCUT2D eigenvalue weighted by Crippen LogP contribution is 2.28. The summed E-state index contributed by atoms with van der Waals surface area (Å²) in [4.78, 5) is 9.09. The van der Waals surface area contributed by atoms with E-state index in [4.69, 9.17) is 0 Å². The van der Waals surface area contributed by atoms with Gasteiger partial charge in [0.05, 0.1) is 0 Å². The van der Waals surface area contributed by atoms with Crippen molar-refractivity contribution in [1.29, 1.82) is 0 Å². The van der Waals surface area contributed by atoms with Crippen molar-refractivity contribution in [2.45, 2.75) is 31.7 Å². The van der Waals surface area contributed by atoms with Gasteiger partial charge in [0.2, 0.25) is 0 Å². The quantitative estimate of drug-likeness (QED) is 0.852. The Hall–Kier alpha value is -1.81. The van der Waals surface area contributed by atoms with Gasteiger partial charge in [0.1, 0.15) is 5.82 Å². The van der Waals surface area contributed by atoms with Gasteiger partial charge in [0.15, 0.2) is 5.82 Å². The molecular weight excluding hydrogens is 253 g/mol. The summed E-state index contributed by atoms with van der Waals surface area (Å²) in [7, 11) is 1.97. The Labute approximate surface area is 118 Å². The van der Waals surface area contributed by atoms with Crippen LogP contribution in [0, 0.1) is 5.82 Å². The number of fused-ring (bicyclic) bond motifs is 1. The Morgan fingerprint density at radius 2 is 2.20 bits per heavy atom. The van der Waals surface area contributed by atoms with Crippen LogP contribution in [0.1, 0.15) is 36.6 Å². The SMILES string of the molecule is CNC1CCCCc2nc(-c3cccc(F)c3)ncc21. The smallest absolute Gasteiger partial charge is 0.159 e. The van der Waals surface area contributed by atoms with E-state index in [2.05, 4.69) is 15.3 Å². The number of hydrogen-bond acceptors (Lipinski definition) is 3. The molecule has 1 heterocycles. The van der Waals surface area contributed by atoms with Crippen molar-refractivity contribution < 1.29 is 4.39 Å². The molecule has 1 atom stereocenters. The van der Waals surface area contributed by atoms with Gasteiger partial charge in [-0.25, -0.2) is 14.4 Å². The van der Waals surface area contributed by atoms with Crippen LogP contribution in [0.5, 0.6) is 0 Å². The number of nitrogens with one attached hydrogen (secondary N) is 1. The molecule has 1 aliphatic carbocycles. The lowest BCUT2D eigenvalue weighted by Gasteiger charge is -2.16. The van der Waals surface area contributed by atoms with Crippen LogP contribution in [0.3, 0.4) is 0 Å². The second-order valence-corrected chi connectivity index (χ2v) is 5.19. The van der Waals surface area contributed by atoms with Gasteiger partial charge >= 0.3 is 0 Å². The third kappa shape index (κ3) is 2.56. The average Bonchev–Trinajstić information content (AvgIpc) is 2.68. The van der Waals surface area contributed by atoms with Gasteiger partial charge < -0.3 is 5.32 Å². The molecule has 0 saturated heterocycles. The predicted molar refractivity (Wildman–Crippen MR) is 76.8 cm³/mol. The summed E-state index contributed by atoms with van der Waals surface area (Å²) in [6, 6.07) is 6.78. The number of halogens is 1. The Morgan fingerprint density at radius 3 is 3.00 bits per heavy atom. The molecule has 0 fully saturated rings. The minimum absolute atomic E-state index is 0.255. The highest BCUT2D eigenvalue weighted by Gasteiger charge is 2.19. The molecule has 3 rings (SSSR count). The van der Waals surface area contributed by atoms with E-state index in [0.29, 0.717) is 11.9 Å². The normalized spacial score (nSPS) is 18.4. The second-order valence-electron chi connectivity index (χ2n) is 5.19. The summed E-state index contributed by atoms with van der Waals surface area (Å²) in [6.07, 6.45) is 6.32. The molecule has 1 N–H and O–H groups in total. The van der Waals surface area contributed by atoms with Crippen LogP contribution in [0.2, 0.25) is 0 Å². The number of hydrogen-bond donors (Lipinski definition) is 1. The third-order valence-corrected chi connectivity index (χ3v) is 3.86. The molecule has 3 nitrogen and oxygen atoms in total. The Bertz CT molecular complexity index is 612. The lowest BCUT2D eigenvalue weighted by molar-refractivity contribution is 0.532. The molecule has 1 aliphatic rings. The summed E-state index contributed by atoms with van der Waals surface area (Å²) in [5.41, 5.74) is 3.01. The van der Waals surface area contributed by atoms with E-state index in [1.165, 1.54) is 24.1 Å². The minimum Gasteiger partial charge on any atom is -0.313 e. The number of aryl methyl sites for hydroxylation is 1. The van der Waals surface area contributed by atoms with Crippen molar-refractivity contribution in [3.63, 3.8) is 0 Å². The molecule has 1 unspecified atom stereocenters. The fraction of sp³-hybridized carbons (Fsp3) is 0.375. The summed E-state index contributed by atoms with van der Waals surface area (Å²) in [5.74, 6) is 0.356. The van der Waals surface area contributed by atoms with E-state index in [1.54, 1.807) is 6.07 Å². The number of rotatable bonds is 2. The lowest BCUT2D eigenvalue weighted by atomic mass is 10.0. The van der Waals surface area contributed by atoms with Crippen LogP contribution in [0.25, 0.3) is 11.4 Å². The Balaban J connectivity index is 2.02. The van der Waals surface area contributed by atoms with Crippen molar-refractivity contribution in [3.05, 3.63) is 47.5 Å². The number of benzene rings is 1. The first-order chi connectivity index (χ1) is 9.78. The molecule has 20 heavy (non-hydrogen) atoms. The molecule has 4 heteroatoms. The van der Waals surface area contributed by atoms with E-state index in [9.17, 15) is 4.39 Å². The first-order valence-corrected chi connectivity index (χ1v) is 7.07. The standard InChI is InChI=1S/C16H18FN3/c1-18-14-7-2-3-8-15-13(14)10-19-16(20-15)11-5-4-6-12(17)9-11/h4-6,9-10,14,18H,2-3,7-8H2,1H3. The molecule has 0 amide bonds. The van der Waals surface area contributed by atoms with E-state index in [0.717, 1.165) is 30.5 Å². The molecular formula is C16H18FN3. The fourth-order valence-electron chi connectivity index (χ4n) is 2.78. The van der Waals surface area contributed by atoms with Gasteiger partial charge in [0, 0.05) is 29.1 Å². The maximum atomic E-state index is 13.3. The summed E-state index contributed by atoms with van der Waals surface area (Å²) < 4.78 is 13.3. The van der Waals surface area contributed by atoms with Crippen LogP contribution in [-0.4, -0.2) is 17.0 Å². The van der Waals surface area contributed by atoms with Gasteiger partial charge in [-0.3, -0.25) is 0 Å². The minimum atomic E-state index is -0.255. The fourth-order valence-corrected chi connectivity index (χ4v) is 2.78. The zero-order valence-electron chi connectivity index (χ0n) is 11.6. The van der Waals surface area contributed by atoms with E-state index in [1.807, 2.05) is 19.3 Å². The number of nitrogens with zero attached hydrogens (tertiary/aromatic N) is 2. The van der Waals surface area contributed by atoms with Gasteiger partial charge in [-0.05, 0) is 38.4 Å². The van der Waals surface area contributed by atoms with Gasteiger partial charge in [0.25, 0.3) is 0 Å². The molecule has 1 aromatic heterocycles. The maximum absolute atomic E-state index is 13.3. The van der Waals surface area contributed by atoms with Crippen LogP contribution in [0.4, 0.5) is 4.39 Å². The molecule has 104 valence electrons. The topological polar surface area (TPSA) is 37.8 Å². The van der Waals surface area contributed by atoms with Crippen LogP contribution in [0.15, 0.2) is 30.5 Å². The van der Waals surface area contributed by atoms with Crippen molar-refractivity contribution in [3.8, 4) is 11.4 Å². The summed E-state index contributed by atoms with van der Waals surface area (Å²) >= 11 is 0. The third-order valence-electron chi connectivity index (χ3n) is 3.86. The summed E-state index contributed by atoms with van der Waals surface area (Å²) in [5, 5.41) is 3.33. The second kappa shape index (κ2) is 5.67. The monoisotopic (exact) mass is 271 g/mol. The molecule has 0 bridgehead atoms. The van der Waals surface area contributed by atoms with Crippen LogP contribution in [-0.2, 0) is 6.42 Å². The van der Waals surface area contributed by atoms with Gasteiger partial charge in [-0.15, -0.1) is 0 Å². The van der Waals surface area contributed by atoms with Crippen molar-refractivity contribution in [2.75, 3.05) is 7.05 Å². The van der Waals surface area contributed by atoms with E-state index in [-0.39, 0.29) is 5.82 Å². The van der Waals surface area contributed by atoms with Crippen molar-refractivity contribution in [1.82, 2.24) is 15.3 Å². The van der Waals surface area contributed by atoms with Crippen molar-refractivity contribution >= 4 is 0 Å². The molecule has 1 aromatic carbocycles. The molecule has 2 aromatic rings. The van der Waals surface area contributed by atoms with E-state index < -0.39 is 0 Å². The highest BCUT2D eigenvalue weighted by atomic mass is 19.1. The molecule has 0 aliphatic heterocycles. The number of aromatic nitrogens is 2. The molecule has 0 radical (unpaired) electrons. The Morgan fingerprint density at radius 1 is 1.30 bits per heavy atom. The zero-order chi connectivity index (χ0) is 13.9. The van der Waals surface area contributed by atoms with Gasteiger partial charge in [-0.1, -0.05) is 18.6 Å². The molecule has 0 spiro atoms. The first kappa shape index (κ1) is 13.2. The zero-order valence-corrected chi connectivity index (χ0v) is 11.6. The van der Waals surface area contributed by atoms with Crippen LogP contribution >= 0.6 is 0 Å². The highest BCUT2D eigenvalue weighted by molar-refractivity contribution is 5.55. The van der Waals surface area contributed by atoms with Crippen molar-refractivity contribution in [2.24, 2.45) is 0 Å². The largest absolute Gasteiger partial charge is 0.313 e.